The van der Waals surface area contributed by atoms with Gasteiger partial charge in [0, 0.05) is 7.05 Å². The van der Waals surface area contributed by atoms with E-state index in [2.05, 4.69) is 15.3 Å². The fourth-order valence-electron chi connectivity index (χ4n) is 1.75. The summed E-state index contributed by atoms with van der Waals surface area (Å²) in [4.78, 5) is 11.5. The first kappa shape index (κ1) is 8.93. The first-order chi connectivity index (χ1) is 6.61. The summed E-state index contributed by atoms with van der Waals surface area (Å²) >= 11 is 0. The van der Waals surface area contributed by atoms with Crippen LogP contribution in [0.15, 0.2) is 11.0 Å². The zero-order valence-corrected chi connectivity index (χ0v) is 8.40. The number of fused-ring (bicyclic) bond motifs is 1. The molecule has 0 fully saturated rings. The number of nitrogens with zero attached hydrogens (tertiary/aromatic N) is 3. The van der Waals surface area contributed by atoms with E-state index < -0.39 is 0 Å². The van der Waals surface area contributed by atoms with E-state index in [9.17, 15) is 4.79 Å². The number of H-pyrrole nitrogens is 1. The van der Waals surface area contributed by atoms with Gasteiger partial charge < -0.3 is 0 Å². The van der Waals surface area contributed by atoms with Crippen LogP contribution in [-0.4, -0.2) is 20.0 Å². The molecule has 0 saturated carbocycles. The lowest BCUT2D eigenvalue weighted by atomic mass is 10.1. The van der Waals surface area contributed by atoms with E-state index in [-0.39, 0.29) is 11.5 Å². The molecular weight excluding hydrogens is 180 g/mol. The van der Waals surface area contributed by atoms with Crippen molar-refractivity contribution in [3.05, 3.63) is 22.2 Å². The van der Waals surface area contributed by atoms with Gasteiger partial charge in [0.05, 0.1) is 17.3 Å². The van der Waals surface area contributed by atoms with Crippen LogP contribution in [0.5, 0.6) is 0 Å². The Morgan fingerprint density at radius 2 is 2.21 bits per heavy atom. The molecule has 0 radical (unpaired) electrons. The SMILES string of the molecule is CC(C)c1c2c(=O)[nH]ncc2nn1C. The van der Waals surface area contributed by atoms with Crippen LogP contribution in [0.3, 0.4) is 0 Å². The average molecular weight is 192 g/mol. The van der Waals surface area contributed by atoms with Gasteiger partial charge >= 0.3 is 0 Å². The molecule has 0 amide bonds. The molecule has 74 valence electrons. The highest BCUT2D eigenvalue weighted by molar-refractivity contribution is 5.79. The molecule has 2 rings (SSSR count). The van der Waals surface area contributed by atoms with Crippen molar-refractivity contribution in [1.29, 1.82) is 0 Å². The summed E-state index contributed by atoms with van der Waals surface area (Å²) in [5.41, 5.74) is 1.43. The Balaban J connectivity index is 2.94. The van der Waals surface area contributed by atoms with Gasteiger partial charge in [0.1, 0.15) is 5.52 Å². The largest absolute Gasteiger partial charge is 0.275 e. The monoisotopic (exact) mass is 192 g/mol. The molecule has 0 aliphatic carbocycles. The van der Waals surface area contributed by atoms with Crippen molar-refractivity contribution in [3.8, 4) is 0 Å². The van der Waals surface area contributed by atoms with Crippen LogP contribution >= 0.6 is 0 Å². The van der Waals surface area contributed by atoms with Crippen molar-refractivity contribution in [2.24, 2.45) is 7.05 Å². The maximum atomic E-state index is 11.5. The lowest BCUT2D eigenvalue weighted by Crippen LogP contribution is -2.09. The predicted molar refractivity (Wildman–Crippen MR) is 53.2 cm³/mol. The third-order valence-electron chi connectivity index (χ3n) is 2.25. The molecule has 2 aromatic rings. The lowest BCUT2D eigenvalue weighted by Gasteiger charge is -2.04. The summed E-state index contributed by atoms with van der Waals surface area (Å²) in [5, 5.41) is 11.0. The molecule has 1 N–H and O–H groups in total. The Morgan fingerprint density at radius 1 is 1.50 bits per heavy atom. The first-order valence-electron chi connectivity index (χ1n) is 4.51. The van der Waals surface area contributed by atoms with Gasteiger partial charge in [-0.25, -0.2) is 5.10 Å². The molecular formula is C9H12N4O. The molecule has 2 aromatic heterocycles. The molecule has 5 heteroatoms. The van der Waals surface area contributed by atoms with Crippen LogP contribution < -0.4 is 5.56 Å². The number of hydrogen-bond donors (Lipinski definition) is 1. The molecule has 0 atom stereocenters. The highest BCUT2D eigenvalue weighted by Crippen LogP contribution is 2.20. The van der Waals surface area contributed by atoms with Crippen LogP contribution in [0.4, 0.5) is 0 Å². The van der Waals surface area contributed by atoms with Crippen molar-refractivity contribution in [3.63, 3.8) is 0 Å². The minimum Gasteiger partial charge on any atom is -0.271 e. The fourth-order valence-corrected chi connectivity index (χ4v) is 1.75. The van der Waals surface area contributed by atoms with E-state index in [1.54, 1.807) is 10.9 Å². The second-order valence-corrected chi connectivity index (χ2v) is 3.62. The standard InChI is InChI=1S/C9H12N4O/c1-5(2)8-7-6(12-13(8)3)4-10-11-9(7)14/h4-5H,1-3H3,(H,11,14). The molecule has 0 unspecified atom stereocenters. The van der Waals surface area contributed by atoms with E-state index >= 15 is 0 Å². The second-order valence-electron chi connectivity index (χ2n) is 3.62. The third-order valence-corrected chi connectivity index (χ3v) is 2.25. The summed E-state index contributed by atoms with van der Waals surface area (Å²) in [6.45, 7) is 4.08. The van der Waals surface area contributed by atoms with Crippen molar-refractivity contribution < 1.29 is 0 Å². The van der Waals surface area contributed by atoms with Crippen molar-refractivity contribution in [1.82, 2.24) is 20.0 Å². The molecule has 0 aromatic carbocycles. The van der Waals surface area contributed by atoms with Gasteiger partial charge in [-0.3, -0.25) is 9.48 Å². The molecule has 0 saturated heterocycles. The van der Waals surface area contributed by atoms with Crippen molar-refractivity contribution in [2.45, 2.75) is 19.8 Å². The third kappa shape index (κ3) is 1.13. The zero-order chi connectivity index (χ0) is 10.3. The predicted octanol–water partition coefficient (Wildman–Crippen LogP) is 0.780. The number of aryl methyl sites for hydroxylation is 1. The number of aromatic amines is 1. The highest BCUT2D eigenvalue weighted by Gasteiger charge is 2.14. The first-order valence-corrected chi connectivity index (χ1v) is 4.51. The van der Waals surface area contributed by atoms with Crippen LogP contribution in [0, 0.1) is 0 Å². The zero-order valence-electron chi connectivity index (χ0n) is 8.40. The summed E-state index contributed by atoms with van der Waals surface area (Å²) in [5.74, 6) is 0.272. The Morgan fingerprint density at radius 3 is 2.86 bits per heavy atom. The Kier molecular flexibility index (Phi) is 1.87. The second kappa shape index (κ2) is 2.94. The topological polar surface area (TPSA) is 63.6 Å². The number of nitrogens with one attached hydrogen (secondary N) is 1. The molecule has 0 aliphatic rings. The summed E-state index contributed by atoms with van der Waals surface area (Å²) in [6, 6.07) is 0. The average Bonchev–Trinajstić information content (AvgIpc) is 2.42. The molecule has 2 heterocycles. The molecule has 14 heavy (non-hydrogen) atoms. The normalized spacial score (nSPS) is 11.4. The van der Waals surface area contributed by atoms with Gasteiger partial charge in [0.15, 0.2) is 0 Å². The number of rotatable bonds is 1. The van der Waals surface area contributed by atoms with Gasteiger partial charge in [0.25, 0.3) is 5.56 Å². The molecule has 0 aliphatic heterocycles. The van der Waals surface area contributed by atoms with Crippen LogP contribution in [-0.2, 0) is 7.05 Å². The summed E-state index contributed by atoms with van der Waals surface area (Å²) < 4.78 is 1.74. The smallest absolute Gasteiger partial charge is 0.271 e. The van der Waals surface area contributed by atoms with E-state index in [1.165, 1.54) is 0 Å². The summed E-state index contributed by atoms with van der Waals surface area (Å²) in [6.07, 6.45) is 1.57. The fraction of sp³-hybridized carbons (Fsp3) is 0.444. The number of aromatic nitrogens is 4. The van der Waals surface area contributed by atoms with Gasteiger partial charge in [-0.15, -0.1) is 0 Å². The summed E-state index contributed by atoms with van der Waals surface area (Å²) in [7, 11) is 1.84. The van der Waals surface area contributed by atoms with Crippen LogP contribution in [0.2, 0.25) is 0 Å². The quantitative estimate of drug-likeness (QED) is 0.726. The Hall–Kier alpha value is -1.65. The van der Waals surface area contributed by atoms with E-state index in [0.29, 0.717) is 10.9 Å². The van der Waals surface area contributed by atoms with Gasteiger partial charge in [0.2, 0.25) is 0 Å². The minimum atomic E-state index is -0.167. The Bertz CT molecular complexity index is 523. The lowest BCUT2D eigenvalue weighted by molar-refractivity contribution is 0.677. The Labute approximate surface area is 80.7 Å². The minimum absolute atomic E-state index is 0.167. The van der Waals surface area contributed by atoms with E-state index in [0.717, 1.165) is 5.69 Å². The van der Waals surface area contributed by atoms with E-state index in [1.807, 2.05) is 20.9 Å². The molecule has 0 bridgehead atoms. The van der Waals surface area contributed by atoms with Gasteiger partial charge in [-0.2, -0.15) is 10.2 Å². The van der Waals surface area contributed by atoms with E-state index in [4.69, 9.17) is 0 Å². The molecule has 5 nitrogen and oxygen atoms in total. The van der Waals surface area contributed by atoms with Crippen LogP contribution in [0.25, 0.3) is 10.9 Å². The highest BCUT2D eigenvalue weighted by atomic mass is 16.1. The van der Waals surface area contributed by atoms with Gasteiger partial charge in [-0.1, -0.05) is 13.8 Å². The van der Waals surface area contributed by atoms with Crippen LogP contribution in [0.1, 0.15) is 25.5 Å². The van der Waals surface area contributed by atoms with Crippen molar-refractivity contribution in [2.75, 3.05) is 0 Å². The number of hydrogen-bond acceptors (Lipinski definition) is 3. The van der Waals surface area contributed by atoms with Crippen molar-refractivity contribution >= 4 is 10.9 Å². The maximum absolute atomic E-state index is 11.5. The van der Waals surface area contributed by atoms with Gasteiger partial charge in [-0.05, 0) is 5.92 Å². The molecule has 0 spiro atoms. The maximum Gasteiger partial charge on any atom is 0.275 e.